The second-order valence-electron chi connectivity index (χ2n) is 3.68. The van der Waals surface area contributed by atoms with Crippen LogP contribution in [0.2, 0.25) is 0 Å². The maximum absolute atomic E-state index is 10.7. The predicted octanol–water partition coefficient (Wildman–Crippen LogP) is 0.824. The fourth-order valence-electron chi connectivity index (χ4n) is 1.63. The van der Waals surface area contributed by atoms with E-state index in [0.717, 1.165) is 23.0 Å². The molecule has 1 amide bonds. The Morgan fingerprint density at radius 1 is 1.56 bits per heavy atom. The molecule has 2 heterocycles. The SMILES string of the molecule is CC(=O)NCCc1c[nH]c2ccc(N)nc12. The van der Waals surface area contributed by atoms with Crippen molar-refractivity contribution in [3.8, 4) is 0 Å². The highest BCUT2D eigenvalue weighted by Gasteiger charge is 2.05. The molecule has 0 aliphatic rings. The Balaban J connectivity index is 2.17. The summed E-state index contributed by atoms with van der Waals surface area (Å²) in [5.74, 6) is 0.486. The number of hydrogen-bond donors (Lipinski definition) is 3. The highest BCUT2D eigenvalue weighted by molar-refractivity contribution is 5.80. The third-order valence-electron chi connectivity index (χ3n) is 2.39. The molecule has 4 N–H and O–H groups in total. The van der Waals surface area contributed by atoms with Crippen molar-refractivity contribution in [1.29, 1.82) is 0 Å². The normalized spacial score (nSPS) is 10.6. The number of nitrogens with two attached hydrogens (primary N) is 1. The number of nitrogens with zero attached hydrogens (tertiary/aromatic N) is 1. The Morgan fingerprint density at radius 2 is 2.38 bits per heavy atom. The summed E-state index contributed by atoms with van der Waals surface area (Å²) in [6, 6.07) is 3.66. The molecule has 5 nitrogen and oxygen atoms in total. The Bertz CT molecular complexity index is 518. The van der Waals surface area contributed by atoms with Crippen LogP contribution >= 0.6 is 0 Å². The van der Waals surface area contributed by atoms with Gasteiger partial charge in [0.2, 0.25) is 5.91 Å². The molecule has 0 bridgehead atoms. The number of H-pyrrole nitrogens is 1. The van der Waals surface area contributed by atoms with Gasteiger partial charge in [-0.15, -0.1) is 0 Å². The van der Waals surface area contributed by atoms with Gasteiger partial charge in [0.05, 0.1) is 11.0 Å². The van der Waals surface area contributed by atoms with Crippen molar-refractivity contribution < 1.29 is 4.79 Å². The molecule has 0 radical (unpaired) electrons. The van der Waals surface area contributed by atoms with Crippen molar-refractivity contribution in [3.63, 3.8) is 0 Å². The van der Waals surface area contributed by atoms with Gasteiger partial charge < -0.3 is 16.0 Å². The van der Waals surface area contributed by atoms with E-state index in [1.807, 2.05) is 12.3 Å². The monoisotopic (exact) mass is 218 g/mol. The summed E-state index contributed by atoms with van der Waals surface area (Å²) in [5, 5.41) is 2.75. The molecule has 2 aromatic rings. The number of carbonyl (C=O) groups excluding carboxylic acids is 1. The van der Waals surface area contributed by atoms with Crippen LogP contribution in [0.5, 0.6) is 0 Å². The first-order chi connectivity index (χ1) is 7.66. The largest absolute Gasteiger partial charge is 0.384 e. The van der Waals surface area contributed by atoms with Gasteiger partial charge in [-0.05, 0) is 24.1 Å². The van der Waals surface area contributed by atoms with Gasteiger partial charge in [0.15, 0.2) is 0 Å². The fourth-order valence-corrected chi connectivity index (χ4v) is 1.63. The summed E-state index contributed by atoms with van der Waals surface area (Å²) in [6.07, 6.45) is 2.65. The number of anilines is 1. The Kier molecular flexibility index (Phi) is 2.76. The molecule has 0 unspecified atom stereocenters. The molecule has 2 rings (SSSR count). The zero-order valence-corrected chi connectivity index (χ0v) is 9.08. The smallest absolute Gasteiger partial charge is 0.216 e. The summed E-state index contributed by atoms with van der Waals surface area (Å²) >= 11 is 0. The van der Waals surface area contributed by atoms with E-state index < -0.39 is 0 Å². The lowest BCUT2D eigenvalue weighted by molar-refractivity contribution is -0.118. The van der Waals surface area contributed by atoms with Crippen molar-refractivity contribution in [2.45, 2.75) is 13.3 Å². The number of nitrogens with one attached hydrogen (secondary N) is 2. The van der Waals surface area contributed by atoms with E-state index in [0.29, 0.717) is 12.4 Å². The molecule has 0 aliphatic heterocycles. The number of amides is 1. The van der Waals surface area contributed by atoms with E-state index >= 15 is 0 Å². The summed E-state index contributed by atoms with van der Waals surface area (Å²) in [5.41, 5.74) is 8.54. The first-order valence-electron chi connectivity index (χ1n) is 5.14. The average Bonchev–Trinajstić information content (AvgIpc) is 2.60. The molecule has 2 aromatic heterocycles. The van der Waals surface area contributed by atoms with E-state index in [2.05, 4.69) is 15.3 Å². The number of carbonyl (C=O) groups is 1. The number of nitrogen functional groups attached to an aromatic ring is 1. The molecule has 0 saturated heterocycles. The zero-order valence-electron chi connectivity index (χ0n) is 9.08. The number of hydrogen-bond acceptors (Lipinski definition) is 3. The molecule has 0 saturated carbocycles. The van der Waals surface area contributed by atoms with Crippen LogP contribution in [0, 0.1) is 0 Å². The molecule has 5 heteroatoms. The van der Waals surface area contributed by atoms with Crippen LogP contribution < -0.4 is 11.1 Å². The lowest BCUT2D eigenvalue weighted by Gasteiger charge is -2.00. The van der Waals surface area contributed by atoms with Crippen molar-refractivity contribution in [2.75, 3.05) is 12.3 Å². The van der Waals surface area contributed by atoms with Gasteiger partial charge in [0.1, 0.15) is 5.82 Å². The Labute approximate surface area is 93.1 Å². The van der Waals surface area contributed by atoms with Crippen LogP contribution in [0.4, 0.5) is 5.82 Å². The van der Waals surface area contributed by atoms with Crippen molar-refractivity contribution in [3.05, 3.63) is 23.9 Å². The first-order valence-corrected chi connectivity index (χ1v) is 5.14. The average molecular weight is 218 g/mol. The number of rotatable bonds is 3. The molecule has 0 aromatic carbocycles. The second-order valence-corrected chi connectivity index (χ2v) is 3.68. The van der Waals surface area contributed by atoms with Gasteiger partial charge in [0.25, 0.3) is 0 Å². The summed E-state index contributed by atoms with van der Waals surface area (Å²) < 4.78 is 0. The topological polar surface area (TPSA) is 83.8 Å². The van der Waals surface area contributed by atoms with Crippen molar-refractivity contribution in [2.24, 2.45) is 0 Å². The maximum Gasteiger partial charge on any atom is 0.216 e. The highest BCUT2D eigenvalue weighted by Crippen LogP contribution is 2.17. The highest BCUT2D eigenvalue weighted by atomic mass is 16.1. The zero-order chi connectivity index (χ0) is 11.5. The van der Waals surface area contributed by atoms with Crippen LogP contribution in [0.15, 0.2) is 18.3 Å². The predicted molar refractivity (Wildman–Crippen MR) is 62.9 cm³/mol. The van der Waals surface area contributed by atoms with E-state index in [4.69, 9.17) is 5.73 Å². The van der Waals surface area contributed by atoms with Crippen molar-refractivity contribution in [1.82, 2.24) is 15.3 Å². The third kappa shape index (κ3) is 2.13. The quantitative estimate of drug-likeness (QED) is 0.713. The summed E-state index contributed by atoms with van der Waals surface area (Å²) in [4.78, 5) is 18.1. The van der Waals surface area contributed by atoms with Crippen LogP contribution in [0.25, 0.3) is 11.0 Å². The standard InChI is InChI=1S/C11H14N4O/c1-7(16)13-5-4-8-6-14-9-2-3-10(12)15-11(8)9/h2-3,6,14H,4-5H2,1H3,(H2,12,15)(H,13,16). The van der Waals surface area contributed by atoms with Gasteiger partial charge in [-0.1, -0.05) is 0 Å². The number of pyridine rings is 1. The third-order valence-corrected chi connectivity index (χ3v) is 2.39. The van der Waals surface area contributed by atoms with Gasteiger partial charge in [-0.2, -0.15) is 0 Å². The van der Waals surface area contributed by atoms with Gasteiger partial charge in [0, 0.05) is 19.7 Å². The van der Waals surface area contributed by atoms with E-state index in [1.165, 1.54) is 6.92 Å². The van der Waals surface area contributed by atoms with E-state index in [1.54, 1.807) is 6.07 Å². The molecule has 0 fully saturated rings. The van der Waals surface area contributed by atoms with Crippen LogP contribution in [0.3, 0.4) is 0 Å². The minimum absolute atomic E-state index is 0.0210. The molecule has 0 spiro atoms. The van der Waals surface area contributed by atoms with Gasteiger partial charge >= 0.3 is 0 Å². The van der Waals surface area contributed by atoms with Gasteiger partial charge in [-0.25, -0.2) is 4.98 Å². The molecule has 84 valence electrons. The Morgan fingerprint density at radius 3 is 3.12 bits per heavy atom. The number of aromatic amines is 1. The van der Waals surface area contributed by atoms with Crippen LogP contribution in [-0.4, -0.2) is 22.4 Å². The van der Waals surface area contributed by atoms with Gasteiger partial charge in [-0.3, -0.25) is 4.79 Å². The molecule has 0 aliphatic carbocycles. The summed E-state index contributed by atoms with van der Waals surface area (Å²) in [6.45, 7) is 2.12. The maximum atomic E-state index is 10.7. The van der Waals surface area contributed by atoms with Crippen LogP contribution in [-0.2, 0) is 11.2 Å². The lowest BCUT2D eigenvalue weighted by atomic mass is 10.2. The van der Waals surface area contributed by atoms with Crippen molar-refractivity contribution >= 4 is 22.8 Å². The molecular formula is C11H14N4O. The molecule has 16 heavy (non-hydrogen) atoms. The van der Waals surface area contributed by atoms with E-state index in [-0.39, 0.29) is 5.91 Å². The minimum atomic E-state index is -0.0210. The first kappa shape index (κ1) is 10.5. The summed E-state index contributed by atoms with van der Waals surface area (Å²) in [7, 11) is 0. The van der Waals surface area contributed by atoms with E-state index in [9.17, 15) is 4.79 Å². The second kappa shape index (κ2) is 4.22. The molecule has 0 atom stereocenters. The number of fused-ring (bicyclic) bond motifs is 1. The number of aromatic nitrogens is 2. The minimum Gasteiger partial charge on any atom is -0.384 e. The fraction of sp³-hybridized carbons (Fsp3) is 0.273. The molecular weight excluding hydrogens is 204 g/mol. The van der Waals surface area contributed by atoms with Crippen LogP contribution in [0.1, 0.15) is 12.5 Å². The lowest BCUT2D eigenvalue weighted by Crippen LogP contribution is -2.22. The Hall–Kier alpha value is -2.04.